The lowest BCUT2D eigenvalue weighted by atomic mass is 10.1. The molecule has 0 aliphatic rings. The smallest absolute Gasteiger partial charge is 0.358 e. The predicted octanol–water partition coefficient (Wildman–Crippen LogP) is 2.02. The van der Waals surface area contributed by atoms with Crippen LogP contribution in [-0.2, 0) is 0 Å². The zero-order valence-corrected chi connectivity index (χ0v) is 6.65. The second-order valence-electron chi connectivity index (χ2n) is 2.41. The number of nitrogens with zero attached hydrogens (tertiary/aromatic N) is 2. The first-order valence-electron chi connectivity index (χ1n) is 3.38. The summed E-state index contributed by atoms with van der Waals surface area (Å²) in [5, 5.41) is 10.4. The average molecular weight is 164 g/mol. The van der Waals surface area contributed by atoms with Gasteiger partial charge in [-0.15, -0.1) is 0 Å². The fraction of sp³-hybridized carbons (Fsp3) is 0.125. The molecule has 1 aromatic heterocycles. The molecular formula is C8H8N2O2. The van der Waals surface area contributed by atoms with Gasteiger partial charge in [-0.05, 0) is 34.5 Å². The molecule has 0 aromatic carbocycles. The lowest BCUT2D eigenvalue weighted by Crippen LogP contribution is -1.95. The number of hydrogen-bond acceptors (Lipinski definition) is 3. The summed E-state index contributed by atoms with van der Waals surface area (Å²) in [5.41, 5.74) is 1.14. The predicted molar refractivity (Wildman–Crippen MR) is 45.6 cm³/mol. The van der Waals surface area contributed by atoms with Crippen molar-refractivity contribution in [2.75, 3.05) is 0 Å². The SMILES string of the molecule is C=C(C)c1cccnc1[N+](=O)[O-]. The van der Waals surface area contributed by atoms with Gasteiger partial charge in [-0.1, -0.05) is 6.58 Å². The maximum Gasteiger partial charge on any atom is 0.370 e. The maximum atomic E-state index is 10.4. The molecule has 0 unspecified atom stereocenters. The Hall–Kier alpha value is -1.71. The van der Waals surface area contributed by atoms with Gasteiger partial charge in [0.05, 0.1) is 5.56 Å². The van der Waals surface area contributed by atoms with E-state index in [9.17, 15) is 10.1 Å². The van der Waals surface area contributed by atoms with E-state index in [0.717, 1.165) is 0 Å². The summed E-state index contributed by atoms with van der Waals surface area (Å²) >= 11 is 0. The molecule has 1 heterocycles. The Morgan fingerprint density at radius 1 is 1.75 bits per heavy atom. The molecule has 0 bridgehead atoms. The summed E-state index contributed by atoms with van der Waals surface area (Å²) in [4.78, 5) is 13.6. The van der Waals surface area contributed by atoms with Crippen LogP contribution in [0.5, 0.6) is 0 Å². The molecule has 0 N–H and O–H groups in total. The number of rotatable bonds is 2. The molecule has 62 valence electrons. The van der Waals surface area contributed by atoms with E-state index < -0.39 is 4.92 Å². The fourth-order valence-electron chi connectivity index (χ4n) is 0.876. The number of aromatic nitrogens is 1. The van der Waals surface area contributed by atoms with E-state index in [0.29, 0.717) is 11.1 Å². The summed E-state index contributed by atoms with van der Waals surface area (Å²) in [5.74, 6) is -0.134. The Bertz CT molecular complexity index is 301. The van der Waals surface area contributed by atoms with Crippen LogP contribution in [0.25, 0.3) is 5.57 Å². The lowest BCUT2D eigenvalue weighted by molar-refractivity contribution is -0.389. The van der Waals surface area contributed by atoms with Gasteiger partial charge in [0.1, 0.15) is 6.20 Å². The van der Waals surface area contributed by atoms with Gasteiger partial charge in [-0.2, -0.15) is 0 Å². The standard InChI is InChI=1S/C8H8N2O2/c1-6(2)7-4-3-5-9-8(7)10(11)12/h3-5H,1H2,2H3. The van der Waals surface area contributed by atoms with Crippen molar-refractivity contribution in [3.63, 3.8) is 0 Å². The highest BCUT2D eigenvalue weighted by Crippen LogP contribution is 2.20. The van der Waals surface area contributed by atoms with E-state index in [2.05, 4.69) is 11.6 Å². The molecule has 0 saturated carbocycles. The van der Waals surface area contributed by atoms with Crippen LogP contribution in [0.4, 0.5) is 5.82 Å². The van der Waals surface area contributed by atoms with Crippen molar-refractivity contribution in [1.29, 1.82) is 0 Å². The molecule has 1 aromatic rings. The Morgan fingerprint density at radius 2 is 2.42 bits per heavy atom. The van der Waals surface area contributed by atoms with Crippen molar-refractivity contribution >= 4 is 11.4 Å². The van der Waals surface area contributed by atoms with E-state index in [-0.39, 0.29) is 5.82 Å². The summed E-state index contributed by atoms with van der Waals surface area (Å²) in [6, 6.07) is 3.28. The highest BCUT2D eigenvalue weighted by molar-refractivity contribution is 5.67. The molecule has 12 heavy (non-hydrogen) atoms. The van der Waals surface area contributed by atoms with Crippen molar-refractivity contribution in [1.82, 2.24) is 4.98 Å². The zero-order valence-electron chi connectivity index (χ0n) is 6.65. The van der Waals surface area contributed by atoms with Crippen LogP contribution in [0.2, 0.25) is 0 Å². The van der Waals surface area contributed by atoms with Gasteiger partial charge in [0.25, 0.3) is 0 Å². The molecule has 0 amide bonds. The average Bonchev–Trinajstić information content (AvgIpc) is 2.04. The molecular weight excluding hydrogens is 156 g/mol. The molecule has 0 aliphatic heterocycles. The van der Waals surface area contributed by atoms with E-state index >= 15 is 0 Å². The molecule has 4 nitrogen and oxygen atoms in total. The van der Waals surface area contributed by atoms with Crippen molar-refractivity contribution in [3.05, 3.63) is 40.6 Å². The summed E-state index contributed by atoms with van der Waals surface area (Å²) in [6.07, 6.45) is 1.39. The zero-order chi connectivity index (χ0) is 9.14. The third-order valence-corrected chi connectivity index (χ3v) is 1.42. The van der Waals surface area contributed by atoms with E-state index in [1.165, 1.54) is 6.20 Å². The third-order valence-electron chi connectivity index (χ3n) is 1.42. The third kappa shape index (κ3) is 1.47. The second-order valence-corrected chi connectivity index (χ2v) is 2.41. The Balaban J connectivity index is 3.27. The van der Waals surface area contributed by atoms with Gasteiger partial charge < -0.3 is 10.1 Å². The first-order valence-corrected chi connectivity index (χ1v) is 3.38. The molecule has 0 saturated heterocycles. The molecule has 0 atom stereocenters. The van der Waals surface area contributed by atoms with Gasteiger partial charge in [-0.3, -0.25) is 0 Å². The number of hydrogen-bond donors (Lipinski definition) is 0. The van der Waals surface area contributed by atoms with Gasteiger partial charge in [-0.25, -0.2) is 0 Å². The monoisotopic (exact) mass is 164 g/mol. The van der Waals surface area contributed by atoms with Crippen molar-refractivity contribution < 1.29 is 4.92 Å². The molecule has 0 fully saturated rings. The van der Waals surface area contributed by atoms with Gasteiger partial charge in [0.15, 0.2) is 0 Å². The number of nitro groups is 1. The van der Waals surface area contributed by atoms with Crippen LogP contribution < -0.4 is 0 Å². The number of allylic oxidation sites excluding steroid dienone is 1. The number of pyridine rings is 1. The molecule has 4 heteroatoms. The van der Waals surface area contributed by atoms with Crippen LogP contribution in [0.3, 0.4) is 0 Å². The van der Waals surface area contributed by atoms with Gasteiger partial charge in [0, 0.05) is 0 Å². The summed E-state index contributed by atoms with van der Waals surface area (Å²) < 4.78 is 0. The van der Waals surface area contributed by atoms with Crippen molar-refractivity contribution in [2.45, 2.75) is 6.92 Å². The first-order chi connectivity index (χ1) is 5.63. The van der Waals surface area contributed by atoms with Crippen molar-refractivity contribution in [2.24, 2.45) is 0 Å². The lowest BCUT2D eigenvalue weighted by Gasteiger charge is -1.98. The fourth-order valence-corrected chi connectivity index (χ4v) is 0.876. The molecule has 1 rings (SSSR count). The van der Waals surface area contributed by atoms with Gasteiger partial charge in [0.2, 0.25) is 0 Å². The summed E-state index contributed by atoms with van der Waals surface area (Å²) in [7, 11) is 0. The molecule has 0 aliphatic carbocycles. The molecule has 0 spiro atoms. The van der Waals surface area contributed by atoms with Crippen LogP contribution in [-0.4, -0.2) is 9.91 Å². The van der Waals surface area contributed by atoms with Crippen LogP contribution in [0.15, 0.2) is 24.9 Å². The normalized spacial score (nSPS) is 9.42. The Labute approximate surface area is 69.7 Å². The van der Waals surface area contributed by atoms with Crippen LogP contribution in [0.1, 0.15) is 12.5 Å². The minimum absolute atomic E-state index is 0.134. The summed E-state index contributed by atoms with van der Waals surface area (Å²) in [6.45, 7) is 5.34. The second kappa shape index (κ2) is 3.13. The van der Waals surface area contributed by atoms with Crippen LogP contribution >= 0.6 is 0 Å². The quantitative estimate of drug-likeness (QED) is 0.496. The van der Waals surface area contributed by atoms with E-state index in [1.807, 2.05) is 0 Å². The van der Waals surface area contributed by atoms with Crippen LogP contribution in [0, 0.1) is 10.1 Å². The van der Waals surface area contributed by atoms with E-state index in [4.69, 9.17) is 0 Å². The first kappa shape index (κ1) is 8.39. The maximum absolute atomic E-state index is 10.4. The highest BCUT2D eigenvalue weighted by Gasteiger charge is 2.13. The highest BCUT2D eigenvalue weighted by atomic mass is 16.6. The molecule has 0 radical (unpaired) electrons. The topological polar surface area (TPSA) is 56.0 Å². The Morgan fingerprint density at radius 3 is 2.83 bits per heavy atom. The Kier molecular flexibility index (Phi) is 2.19. The largest absolute Gasteiger partial charge is 0.370 e. The minimum Gasteiger partial charge on any atom is -0.358 e. The van der Waals surface area contributed by atoms with Gasteiger partial charge >= 0.3 is 5.82 Å². The minimum atomic E-state index is -0.510. The van der Waals surface area contributed by atoms with E-state index in [1.54, 1.807) is 19.1 Å². The van der Waals surface area contributed by atoms with Crippen molar-refractivity contribution in [3.8, 4) is 0 Å².